The fourth-order valence-electron chi connectivity index (χ4n) is 3.40. The highest BCUT2D eigenvalue weighted by molar-refractivity contribution is 8.13. The molecular weight excluding hydrogens is 464 g/mol. The fraction of sp³-hybridized carbons (Fsp3) is 0.435. The average Bonchev–Trinajstić information content (AvgIpc) is 2.79. The van der Waals surface area contributed by atoms with Gasteiger partial charge < -0.3 is 4.74 Å². The van der Waals surface area contributed by atoms with Gasteiger partial charge in [-0.15, -0.1) is 0 Å². The van der Waals surface area contributed by atoms with Crippen LogP contribution in [0.1, 0.15) is 13.8 Å². The molecule has 0 amide bonds. The highest BCUT2D eigenvalue weighted by Crippen LogP contribution is 2.29. The SMILES string of the molecule is CC(=O)SCC(C)N(CCN1CCOCC1)S(=O)(=O)c1ccc(Sc2ccccc2)cc1. The molecule has 1 fully saturated rings. The predicted molar refractivity (Wildman–Crippen MR) is 131 cm³/mol. The zero-order chi connectivity index (χ0) is 23.0. The Morgan fingerprint density at radius 2 is 1.69 bits per heavy atom. The number of morpholine rings is 1. The van der Waals surface area contributed by atoms with E-state index in [-0.39, 0.29) is 16.1 Å². The summed E-state index contributed by atoms with van der Waals surface area (Å²) in [6.07, 6.45) is 0. The second-order valence-electron chi connectivity index (χ2n) is 7.61. The van der Waals surface area contributed by atoms with Crippen molar-refractivity contribution in [3.8, 4) is 0 Å². The molecule has 0 bridgehead atoms. The van der Waals surface area contributed by atoms with Crippen molar-refractivity contribution in [1.82, 2.24) is 9.21 Å². The molecule has 1 saturated heterocycles. The van der Waals surface area contributed by atoms with Gasteiger partial charge in [-0.2, -0.15) is 4.31 Å². The number of ether oxygens (including phenoxy) is 1. The van der Waals surface area contributed by atoms with Crippen LogP contribution >= 0.6 is 23.5 Å². The Morgan fingerprint density at radius 3 is 2.31 bits per heavy atom. The maximum atomic E-state index is 13.5. The third-order valence-corrected chi connectivity index (χ3v) is 9.27. The number of benzene rings is 2. The van der Waals surface area contributed by atoms with Crippen molar-refractivity contribution < 1.29 is 17.9 Å². The van der Waals surface area contributed by atoms with Gasteiger partial charge in [0.1, 0.15) is 0 Å². The van der Waals surface area contributed by atoms with Crippen molar-refractivity contribution in [2.24, 2.45) is 0 Å². The first-order chi connectivity index (χ1) is 15.4. The van der Waals surface area contributed by atoms with E-state index < -0.39 is 10.0 Å². The van der Waals surface area contributed by atoms with Crippen LogP contribution in [-0.2, 0) is 19.6 Å². The van der Waals surface area contributed by atoms with E-state index in [0.717, 1.165) is 34.6 Å². The van der Waals surface area contributed by atoms with Gasteiger partial charge in [-0.25, -0.2) is 8.42 Å². The van der Waals surface area contributed by atoms with Gasteiger partial charge in [0.05, 0.1) is 18.1 Å². The molecule has 3 rings (SSSR count). The molecule has 2 aromatic rings. The van der Waals surface area contributed by atoms with Gasteiger partial charge in [-0.1, -0.05) is 41.7 Å². The van der Waals surface area contributed by atoms with Crippen LogP contribution in [0.25, 0.3) is 0 Å². The summed E-state index contributed by atoms with van der Waals surface area (Å²) in [5, 5.41) is -0.00957. The zero-order valence-corrected chi connectivity index (χ0v) is 20.9. The Morgan fingerprint density at radius 1 is 1.06 bits per heavy atom. The maximum absolute atomic E-state index is 13.5. The van der Waals surface area contributed by atoms with E-state index >= 15 is 0 Å². The van der Waals surface area contributed by atoms with Crippen molar-refractivity contribution in [2.75, 3.05) is 45.1 Å². The summed E-state index contributed by atoms with van der Waals surface area (Å²) in [6.45, 7) is 7.33. The normalized spacial score (nSPS) is 16.2. The molecule has 1 atom stereocenters. The van der Waals surface area contributed by atoms with E-state index in [1.807, 2.05) is 49.4 Å². The van der Waals surface area contributed by atoms with Gasteiger partial charge >= 0.3 is 0 Å². The lowest BCUT2D eigenvalue weighted by molar-refractivity contribution is -0.109. The Hall–Kier alpha value is -1.36. The Labute approximate surface area is 199 Å². The lowest BCUT2D eigenvalue weighted by atomic mass is 10.3. The first-order valence-corrected chi connectivity index (χ1v) is 13.9. The van der Waals surface area contributed by atoms with Crippen LogP contribution in [0.4, 0.5) is 0 Å². The molecule has 174 valence electrons. The van der Waals surface area contributed by atoms with Gasteiger partial charge in [-0.05, 0) is 43.3 Å². The van der Waals surface area contributed by atoms with Gasteiger partial charge in [0, 0.05) is 54.7 Å². The largest absolute Gasteiger partial charge is 0.379 e. The van der Waals surface area contributed by atoms with E-state index in [1.54, 1.807) is 23.9 Å². The summed E-state index contributed by atoms with van der Waals surface area (Å²) in [6, 6.07) is 16.7. The molecule has 0 aromatic heterocycles. The molecule has 9 heteroatoms. The lowest BCUT2D eigenvalue weighted by Gasteiger charge is -2.32. The fourth-order valence-corrected chi connectivity index (χ4v) is 6.61. The molecular formula is C23H30N2O4S3. The van der Waals surface area contributed by atoms with Crippen LogP contribution in [0.15, 0.2) is 69.3 Å². The molecule has 0 spiro atoms. The topological polar surface area (TPSA) is 66.9 Å². The number of rotatable bonds is 10. The molecule has 2 aromatic carbocycles. The van der Waals surface area contributed by atoms with E-state index in [4.69, 9.17) is 4.74 Å². The first kappa shape index (κ1) is 25.3. The van der Waals surface area contributed by atoms with Crippen LogP contribution < -0.4 is 0 Å². The summed E-state index contributed by atoms with van der Waals surface area (Å²) >= 11 is 2.76. The summed E-state index contributed by atoms with van der Waals surface area (Å²) in [4.78, 5) is 16.0. The first-order valence-electron chi connectivity index (χ1n) is 10.6. The van der Waals surface area contributed by atoms with Gasteiger partial charge in [0.25, 0.3) is 0 Å². The minimum absolute atomic E-state index is 0.00957. The van der Waals surface area contributed by atoms with Crippen LogP contribution in [-0.4, -0.2) is 73.9 Å². The highest BCUT2D eigenvalue weighted by Gasteiger charge is 2.30. The van der Waals surface area contributed by atoms with Crippen molar-refractivity contribution in [3.63, 3.8) is 0 Å². The van der Waals surface area contributed by atoms with Crippen LogP contribution in [0.2, 0.25) is 0 Å². The minimum Gasteiger partial charge on any atom is -0.379 e. The molecule has 0 aliphatic carbocycles. The third-order valence-electron chi connectivity index (χ3n) is 5.17. The number of hydrogen-bond donors (Lipinski definition) is 0. The molecule has 1 aliphatic heterocycles. The predicted octanol–water partition coefficient (Wildman–Crippen LogP) is 3.83. The zero-order valence-electron chi connectivity index (χ0n) is 18.5. The van der Waals surface area contributed by atoms with Crippen LogP contribution in [0.3, 0.4) is 0 Å². The van der Waals surface area contributed by atoms with E-state index in [9.17, 15) is 13.2 Å². The maximum Gasteiger partial charge on any atom is 0.243 e. The lowest BCUT2D eigenvalue weighted by Crippen LogP contribution is -2.46. The van der Waals surface area contributed by atoms with E-state index in [1.165, 1.54) is 11.2 Å². The Balaban J connectivity index is 1.75. The summed E-state index contributed by atoms with van der Waals surface area (Å²) in [7, 11) is -3.70. The Bertz CT molecular complexity index is 962. The number of sulfonamides is 1. The van der Waals surface area contributed by atoms with Crippen molar-refractivity contribution in [2.45, 2.75) is 34.6 Å². The average molecular weight is 495 g/mol. The number of hydrogen-bond acceptors (Lipinski definition) is 7. The molecule has 1 heterocycles. The van der Waals surface area contributed by atoms with Gasteiger partial charge in [0.15, 0.2) is 5.12 Å². The van der Waals surface area contributed by atoms with Gasteiger partial charge in [-0.3, -0.25) is 9.69 Å². The second-order valence-corrected chi connectivity index (χ2v) is 11.8. The standard InChI is InChI=1S/C23H30N2O4S3/c1-19(18-30-20(2)26)25(13-12-24-14-16-29-17-15-24)32(27,28)23-10-8-22(9-11-23)31-21-6-4-3-5-7-21/h3-11,19H,12-18H2,1-2H3. The van der Waals surface area contributed by atoms with E-state index in [0.29, 0.717) is 32.1 Å². The third kappa shape index (κ3) is 7.33. The second kappa shape index (κ2) is 12.2. The molecule has 0 saturated carbocycles. The minimum atomic E-state index is -3.70. The van der Waals surface area contributed by atoms with Crippen LogP contribution in [0.5, 0.6) is 0 Å². The van der Waals surface area contributed by atoms with Gasteiger partial charge in [0.2, 0.25) is 10.0 Å². The Kier molecular flexibility index (Phi) is 9.63. The summed E-state index contributed by atoms with van der Waals surface area (Å²) in [5.74, 6) is 0.430. The monoisotopic (exact) mass is 494 g/mol. The van der Waals surface area contributed by atoms with Crippen LogP contribution in [0, 0.1) is 0 Å². The summed E-state index contributed by atoms with van der Waals surface area (Å²) in [5.41, 5.74) is 0. The number of nitrogens with zero attached hydrogens (tertiary/aromatic N) is 2. The quantitative estimate of drug-likeness (QED) is 0.497. The van der Waals surface area contributed by atoms with Crippen molar-refractivity contribution in [1.29, 1.82) is 0 Å². The number of carbonyl (C=O) groups is 1. The molecule has 0 N–H and O–H groups in total. The van der Waals surface area contributed by atoms with Crippen molar-refractivity contribution >= 4 is 38.7 Å². The molecule has 1 aliphatic rings. The number of thioether (sulfide) groups is 1. The molecule has 0 radical (unpaired) electrons. The number of carbonyl (C=O) groups excluding carboxylic acids is 1. The van der Waals surface area contributed by atoms with E-state index in [2.05, 4.69) is 4.90 Å². The smallest absolute Gasteiger partial charge is 0.243 e. The highest BCUT2D eigenvalue weighted by atomic mass is 32.2. The van der Waals surface area contributed by atoms with Crippen molar-refractivity contribution in [3.05, 3.63) is 54.6 Å². The molecule has 1 unspecified atom stereocenters. The molecule has 32 heavy (non-hydrogen) atoms. The summed E-state index contributed by atoms with van der Waals surface area (Å²) < 4.78 is 34.0. The molecule has 6 nitrogen and oxygen atoms in total.